The van der Waals surface area contributed by atoms with Crippen LogP contribution in [0.1, 0.15) is 5.56 Å². The number of ether oxygens (including phenoxy) is 2. The van der Waals surface area contributed by atoms with Gasteiger partial charge < -0.3 is 20.1 Å². The fraction of sp³-hybridized carbons (Fsp3) is 0.538. The summed E-state index contributed by atoms with van der Waals surface area (Å²) in [5.74, 6) is 1.56. The maximum atomic E-state index is 5.72. The lowest BCUT2D eigenvalue weighted by atomic mass is 10.1. The molecule has 1 rings (SSSR count). The predicted molar refractivity (Wildman–Crippen MR) is 69.8 cm³/mol. The zero-order valence-corrected chi connectivity index (χ0v) is 10.9. The van der Waals surface area contributed by atoms with E-state index in [-0.39, 0.29) is 0 Å². The van der Waals surface area contributed by atoms with Gasteiger partial charge in [-0.15, -0.1) is 0 Å². The molecule has 0 aliphatic carbocycles. The van der Waals surface area contributed by atoms with E-state index in [0.717, 1.165) is 24.5 Å². The Balaban J connectivity index is 2.68. The van der Waals surface area contributed by atoms with E-state index in [4.69, 9.17) is 15.2 Å². The van der Waals surface area contributed by atoms with Crippen LogP contribution in [0.2, 0.25) is 0 Å². The zero-order chi connectivity index (χ0) is 12.7. The SMILES string of the molecule is COc1ccc(CCN)cc1OCCN(C)C. The Bertz CT molecular complexity index is 340. The van der Waals surface area contributed by atoms with E-state index in [1.54, 1.807) is 7.11 Å². The van der Waals surface area contributed by atoms with E-state index in [0.29, 0.717) is 13.2 Å². The van der Waals surface area contributed by atoms with E-state index in [1.165, 1.54) is 5.56 Å². The van der Waals surface area contributed by atoms with Crippen molar-refractivity contribution in [3.05, 3.63) is 23.8 Å². The van der Waals surface area contributed by atoms with E-state index < -0.39 is 0 Å². The van der Waals surface area contributed by atoms with Crippen molar-refractivity contribution in [3.8, 4) is 11.5 Å². The van der Waals surface area contributed by atoms with Crippen LogP contribution in [0.15, 0.2) is 18.2 Å². The molecule has 0 bridgehead atoms. The van der Waals surface area contributed by atoms with Crippen molar-refractivity contribution in [2.24, 2.45) is 5.73 Å². The van der Waals surface area contributed by atoms with Gasteiger partial charge in [0, 0.05) is 6.54 Å². The highest BCUT2D eigenvalue weighted by molar-refractivity contribution is 5.43. The molecule has 0 aromatic heterocycles. The highest BCUT2D eigenvalue weighted by Gasteiger charge is 2.05. The molecule has 1 aromatic rings. The minimum atomic E-state index is 0.642. The maximum absolute atomic E-state index is 5.72. The van der Waals surface area contributed by atoms with Crippen molar-refractivity contribution < 1.29 is 9.47 Å². The van der Waals surface area contributed by atoms with Crippen molar-refractivity contribution in [2.45, 2.75) is 6.42 Å². The summed E-state index contributed by atoms with van der Waals surface area (Å²) >= 11 is 0. The Morgan fingerprint density at radius 3 is 2.59 bits per heavy atom. The largest absolute Gasteiger partial charge is 0.493 e. The first kappa shape index (κ1) is 13.8. The molecule has 0 aliphatic heterocycles. The van der Waals surface area contributed by atoms with Gasteiger partial charge in [-0.25, -0.2) is 0 Å². The summed E-state index contributed by atoms with van der Waals surface area (Å²) in [6, 6.07) is 5.95. The van der Waals surface area contributed by atoms with Gasteiger partial charge in [-0.2, -0.15) is 0 Å². The number of nitrogens with zero attached hydrogens (tertiary/aromatic N) is 1. The molecule has 0 aliphatic rings. The number of likely N-dealkylation sites (N-methyl/N-ethyl adjacent to an activating group) is 1. The van der Waals surface area contributed by atoms with Crippen molar-refractivity contribution in [1.82, 2.24) is 4.90 Å². The maximum Gasteiger partial charge on any atom is 0.161 e. The lowest BCUT2D eigenvalue weighted by Gasteiger charge is -2.14. The summed E-state index contributed by atoms with van der Waals surface area (Å²) in [6.07, 6.45) is 0.855. The molecule has 0 spiro atoms. The van der Waals surface area contributed by atoms with Crippen molar-refractivity contribution >= 4 is 0 Å². The summed E-state index contributed by atoms with van der Waals surface area (Å²) in [4.78, 5) is 2.08. The molecule has 0 heterocycles. The minimum absolute atomic E-state index is 0.642. The highest BCUT2D eigenvalue weighted by Crippen LogP contribution is 2.28. The molecular formula is C13H22N2O2. The molecule has 4 heteroatoms. The topological polar surface area (TPSA) is 47.7 Å². The summed E-state index contributed by atoms with van der Waals surface area (Å²) in [6.45, 7) is 2.17. The Hall–Kier alpha value is -1.26. The van der Waals surface area contributed by atoms with Gasteiger partial charge in [-0.05, 0) is 44.8 Å². The Morgan fingerprint density at radius 2 is 2.00 bits per heavy atom. The van der Waals surface area contributed by atoms with Crippen LogP contribution >= 0.6 is 0 Å². The second kappa shape index (κ2) is 7.14. The van der Waals surface area contributed by atoms with Crippen molar-refractivity contribution in [2.75, 3.05) is 40.9 Å². The molecule has 0 saturated heterocycles. The molecule has 4 nitrogen and oxygen atoms in total. The third-order valence-corrected chi connectivity index (χ3v) is 2.46. The second-order valence-electron chi connectivity index (χ2n) is 4.18. The van der Waals surface area contributed by atoms with Crippen LogP contribution in [0, 0.1) is 0 Å². The molecule has 0 amide bonds. The molecule has 96 valence electrons. The fourth-order valence-corrected chi connectivity index (χ4v) is 1.49. The molecule has 1 aromatic carbocycles. The Labute approximate surface area is 103 Å². The Morgan fingerprint density at radius 1 is 1.24 bits per heavy atom. The first-order valence-corrected chi connectivity index (χ1v) is 5.82. The first-order valence-electron chi connectivity index (χ1n) is 5.82. The third-order valence-electron chi connectivity index (χ3n) is 2.46. The number of benzene rings is 1. The van der Waals surface area contributed by atoms with E-state index in [9.17, 15) is 0 Å². The average Bonchev–Trinajstić information content (AvgIpc) is 2.29. The predicted octanol–water partition coefficient (Wildman–Crippen LogP) is 1.14. The lowest BCUT2D eigenvalue weighted by Crippen LogP contribution is -2.19. The molecule has 0 saturated carbocycles. The monoisotopic (exact) mass is 238 g/mol. The van der Waals surface area contributed by atoms with Crippen LogP contribution in [-0.2, 0) is 6.42 Å². The van der Waals surface area contributed by atoms with Crippen LogP contribution in [0.5, 0.6) is 11.5 Å². The molecule has 0 unspecified atom stereocenters. The van der Waals surface area contributed by atoms with Crippen LogP contribution < -0.4 is 15.2 Å². The highest BCUT2D eigenvalue weighted by atomic mass is 16.5. The number of methoxy groups -OCH3 is 1. The van der Waals surface area contributed by atoms with Crippen molar-refractivity contribution in [1.29, 1.82) is 0 Å². The minimum Gasteiger partial charge on any atom is -0.493 e. The summed E-state index contributed by atoms with van der Waals surface area (Å²) in [5.41, 5.74) is 6.72. The van der Waals surface area contributed by atoms with Gasteiger partial charge in [0.25, 0.3) is 0 Å². The summed E-state index contributed by atoms with van der Waals surface area (Å²) in [5, 5.41) is 0. The van der Waals surface area contributed by atoms with Gasteiger partial charge >= 0.3 is 0 Å². The lowest BCUT2D eigenvalue weighted by molar-refractivity contribution is 0.250. The van der Waals surface area contributed by atoms with Gasteiger partial charge in [0.1, 0.15) is 6.61 Å². The van der Waals surface area contributed by atoms with Gasteiger partial charge in [0.15, 0.2) is 11.5 Å². The number of hydrogen-bond donors (Lipinski definition) is 1. The molecule has 0 atom stereocenters. The molecule has 2 N–H and O–H groups in total. The quantitative estimate of drug-likeness (QED) is 0.774. The standard InChI is InChI=1S/C13H22N2O2/c1-15(2)8-9-17-13-10-11(6-7-14)4-5-12(13)16-3/h4-5,10H,6-9,14H2,1-3H3. The van der Waals surface area contributed by atoms with Crippen LogP contribution in [0.3, 0.4) is 0 Å². The van der Waals surface area contributed by atoms with E-state index in [1.807, 2.05) is 32.3 Å². The molecular weight excluding hydrogens is 216 g/mol. The van der Waals surface area contributed by atoms with Gasteiger partial charge in [0.2, 0.25) is 0 Å². The normalized spacial score (nSPS) is 10.6. The Kier molecular flexibility index (Phi) is 5.80. The fourth-order valence-electron chi connectivity index (χ4n) is 1.49. The number of nitrogens with two attached hydrogens (primary N) is 1. The van der Waals surface area contributed by atoms with Crippen LogP contribution in [0.4, 0.5) is 0 Å². The second-order valence-corrected chi connectivity index (χ2v) is 4.18. The van der Waals surface area contributed by atoms with E-state index >= 15 is 0 Å². The van der Waals surface area contributed by atoms with Crippen LogP contribution in [0.25, 0.3) is 0 Å². The number of rotatable bonds is 7. The number of hydrogen-bond acceptors (Lipinski definition) is 4. The first-order chi connectivity index (χ1) is 8.17. The van der Waals surface area contributed by atoms with Gasteiger partial charge in [-0.1, -0.05) is 6.07 Å². The van der Waals surface area contributed by atoms with E-state index in [2.05, 4.69) is 4.90 Å². The zero-order valence-electron chi connectivity index (χ0n) is 10.9. The molecule has 0 fully saturated rings. The summed E-state index contributed by atoms with van der Waals surface area (Å²) in [7, 11) is 5.69. The van der Waals surface area contributed by atoms with Crippen molar-refractivity contribution in [3.63, 3.8) is 0 Å². The average molecular weight is 238 g/mol. The van der Waals surface area contributed by atoms with Gasteiger partial charge in [-0.3, -0.25) is 0 Å². The van der Waals surface area contributed by atoms with Crippen LogP contribution in [-0.4, -0.2) is 45.8 Å². The summed E-state index contributed by atoms with van der Waals surface area (Å²) < 4.78 is 11.0. The smallest absolute Gasteiger partial charge is 0.161 e. The third kappa shape index (κ3) is 4.63. The molecule has 17 heavy (non-hydrogen) atoms. The molecule has 0 radical (unpaired) electrons. The van der Waals surface area contributed by atoms with Gasteiger partial charge in [0.05, 0.1) is 7.11 Å².